The van der Waals surface area contributed by atoms with Crippen molar-refractivity contribution in [2.45, 2.75) is 13.2 Å². The van der Waals surface area contributed by atoms with E-state index in [1.165, 1.54) is 0 Å². The number of hydrogen-bond donors (Lipinski definition) is 0. The van der Waals surface area contributed by atoms with E-state index in [-0.39, 0.29) is 6.23 Å². The van der Waals surface area contributed by atoms with Crippen LogP contribution in [0.3, 0.4) is 0 Å². The van der Waals surface area contributed by atoms with Gasteiger partial charge >= 0.3 is 0 Å². The summed E-state index contributed by atoms with van der Waals surface area (Å²) in [5.41, 5.74) is 1.12. The van der Waals surface area contributed by atoms with Crippen LogP contribution >= 0.6 is 0 Å². The van der Waals surface area contributed by atoms with E-state index < -0.39 is 0 Å². The van der Waals surface area contributed by atoms with Crippen LogP contribution < -0.4 is 9.64 Å². The Morgan fingerprint density at radius 3 is 3.00 bits per heavy atom. The van der Waals surface area contributed by atoms with Crippen molar-refractivity contribution in [3.05, 3.63) is 24.3 Å². The van der Waals surface area contributed by atoms with Crippen LogP contribution in [0.1, 0.15) is 6.92 Å². The Labute approximate surface area is 84.2 Å². The highest BCUT2D eigenvalue weighted by atomic mass is 16.5. The largest absolute Gasteiger partial charge is 0.490 e. The van der Waals surface area contributed by atoms with Crippen LogP contribution in [0.4, 0.5) is 5.69 Å². The fourth-order valence-electron chi connectivity index (χ4n) is 1.70. The lowest BCUT2D eigenvalue weighted by Gasteiger charge is -2.34. The maximum absolute atomic E-state index is 5.55. The molecular formula is C11H15NO2. The highest BCUT2D eigenvalue weighted by Gasteiger charge is 2.21. The van der Waals surface area contributed by atoms with Gasteiger partial charge in [0.2, 0.25) is 0 Å². The summed E-state index contributed by atoms with van der Waals surface area (Å²) in [6, 6.07) is 8.05. The van der Waals surface area contributed by atoms with Crippen LogP contribution in [-0.4, -0.2) is 26.5 Å². The van der Waals surface area contributed by atoms with E-state index in [4.69, 9.17) is 9.47 Å². The van der Waals surface area contributed by atoms with Crippen molar-refractivity contribution >= 4 is 5.69 Å². The van der Waals surface area contributed by atoms with Crippen LogP contribution in [0.15, 0.2) is 24.3 Å². The first-order valence-corrected chi connectivity index (χ1v) is 4.84. The molecule has 3 nitrogen and oxygen atoms in total. The summed E-state index contributed by atoms with van der Waals surface area (Å²) >= 11 is 0. The summed E-state index contributed by atoms with van der Waals surface area (Å²) < 4.78 is 10.9. The molecule has 0 spiro atoms. The average molecular weight is 193 g/mol. The Hall–Kier alpha value is -1.22. The van der Waals surface area contributed by atoms with Crippen LogP contribution in [0.2, 0.25) is 0 Å². The maximum Gasteiger partial charge on any atom is 0.142 e. The number of methoxy groups -OCH3 is 1. The van der Waals surface area contributed by atoms with Gasteiger partial charge in [0.25, 0.3) is 0 Å². The molecule has 76 valence electrons. The van der Waals surface area contributed by atoms with E-state index in [1.54, 1.807) is 7.11 Å². The molecule has 0 saturated heterocycles. The Bertz CT molecular complexity index is 314. The van der Waals surface area contributed by atoms with Gasteiger partial charge in [-0.2, -0.15) is 0 Å². The van der Waals surface area contributed by atoms with Crippen molar-refractivity contribution < 1.29 is 9.47 Å². The number of benzene rings is 1. The van der Waals surface area contributed by atoms with Crippen molar-refractivity contribution in [1.82, 2.24) is 0 Å². The summed E-state index contributed by atoms with van der Waals surface area (Å²) in [7, 11) is 1.72. The number of nitrogens with zero attached hydrogens (tertiary/aromatic N) is 1. The quantitative estimate of drug-likeness (QED) is 0.715. The Kier molecular flexibility index (Phi) is 2.59. The van der Waals surface area contributed by atoms with Gasteiger partial charge in [-0.3, -0.25) is 0 Å². The molecule has 1 aromatic carbocycles. The highest BCUT2D eigenvalue weighted by Crippen LogP contribution is 2.32. The Morgan fingerprint density at radius 2 is 2.21 bits per heavy atom. The molecular weight excluding hydrogens is 178 g/mol. The van der Waals surface area contributed by atoms with Gasteiger partial charge < -0.3 is 14.4 Å². The van der Waals surface area contributed by atoms with Crippen molar-refractivity contribution in [2.24, 2.45) is 0 Å². The van der Waals surface area contributed by atoms with E-state index in [2.05, 4.69) is 11.0 Å². The van der Waals surface area contributed by atoms with Gasteiger partial charge in [0, 0.05) is 7.11 Å². The number of fused-ring (bicyclic) bond motifs is 1. The second kappa shape index (κ2) is 3.88. The topological polar surface area (TPSA) is 21.7 Å². The molecule has 0 radical (unpaired) electrons. The molecule has 1 atom stereocenters. The minimum absolute atomic E-state index is 0.0973. The number of rotatable bonds is 2. The van der Waals surface area contributed by atoms with Crippen molar-refractivity contribution in [3.8, 4) is 5.75 Å². The molecule has 0 aliphatic carbocycles. The molecule has 1 heterocycles. The van der Waals surface area contributed by atoms with Gasteiger partial charge in [-0.25, -0.2) is 0 Å². The minimum atomic E-state index is 0.0973. The molecule has 0 saturated carbocycles. The lowest BCUT2D eigenvalue weighted by molar-refractivity contribution is 0.106. The molecule has 1 aliphatic rings. The third kappa shape index (κ3) is 1.55. The van der Waals surface area contributed by atoms with Gasteiger partial charge in [0.15, 0.2) is 0 Å². The Balaban J connectivity index is 2.30. The lowest BCUT2D eigenvalue weighted by Crippen LogP contribution is -2.40. The molecule has 0 aromatic heterocycles. The number of hydrogen-bond acceptors (Lipinski definition) is 3. The second-order valence-corrected chi connectivity index (χ2v) is 3.34. The number of ether oxygens (including phenoxy) is 2. The van der Waals surface area contributed by atoms with E-state index in [0.717, 1.165) is 24.6 Å². The van der Waals surface area contributed by atoms with Gasteiger partial charge in [-0.05, 0) is 19.1 Å². The summed E-state index contributed by atoms with van der Waals surface area (Å²) in [6.45, 7) is 3.65. The molecule has 0 fully saturated rings. The fraction of sp³-hybridized carbons (Fsp3) is 0.455. The van der Waals surface area contributed by atoms with Crippen molar-refractivity contribution in [3.63, 3.8) is 0 Å². The molecule has 0 N–H and O–H groups in total. The normalized spacial score (nSPS) is 17.1. The van der Waals surface area contributed by atoms with Crippen molar-refractivity contribution in [2.75, 3.05) is 25.2 Å². The number of anilines is 1. The van der Waals surface area contributed by atoms with E-state index >= 15 is 0 Å². The molecule has 14 heavy (non-hydrogen) atoms. The smallest absolute Gasteiger partial charge is 0.142 e. The lowest BCUT2D eigenvalue weighted by atomic mass is 10.2. The summed E-state index contributed by atoms with van der Waals surface area (Å²) in [5.74, 6) is 0.947. The first kappa shape index (κ1) is 9.34. The van der Waals surface area contributed by atoms with Crippen LogP contribution in [0, 0.1) is 0 Å². The monoisotopic (exact) mass is 193 g/mol. The second-order valence-electron chi connectivity index (χ2n) is 3.34. The third-order valence-corrected chi connectivity index (χ3v) is 2.54. The zero-order chi connectivity index (χ0) is 9.97. The molecule has 3 heteroatoms. The Morgan fingerprint density at radius 1 is 1.43 bits per heavy atom. The fourth-order valence-corrected chi connectivity index (χ4v) is 1.70. The van der Waals surface area contributed by atoms with E-state index in [1.807, 2.05) is 25.1 Å². The third-order valence-electron chi connectivity index (χ3n) is 2.54. The summed E-state index contributed by atoms with van der Waals surface area (Å²) in [6.07, 6.45) is 0.0973. The minimum Gasteiger partial charge on any atom is -0.490 e. The first-order valence-electron chi connectivity index (χ1n) is 4.84. The van der Waals surface area contributed by atoms with E-state index in [9.17, 15) is 0 Å². The van der Waals surface area contributed by atoms with Gasteiger partial charge in [-0.15, -0.1) is 0 Å². The molecule has 0 amide bonds. The summed E-state index contributed by atoms with van der Waals surface area (Å²) in [5, 5.41) is 0. The van der Waals surface area contributed by atoms with E-state index in [0.29, 0.717) is 0 Å². The standard InChI is InChI=1S/C11H15NO2/c1-9(13-2)12-7-8-14-11-6-4-3-5-10(11)12/h3-6,9H,7-8H2,1-2H3. The predicted octanol–water partition coefficient (Wildman–Crippen LogP) is 1.88. The molecule has 0 bridgehead atoms. The van der Waals surface area contributed by atoms with Gasteiger partial charge in [0.1, 0.15) is 18.6 Å². The number of para-hydroxylation sites is 2. The van der Waals surface area contributed by atoms with Crippen molar-refractivity contribution in [1.29, 1.82) is 0 Å². The highest BCUT2D eigenvalue weighted by molar-refractivity contribution is 5.59. The van der Waals surface area contributed by atoms with Crippen LogP contribution in [-0.2, 0) is 4.74 Å². The SMILES string of the molecule is COC(C)N1CCOc2ccccc21. The average Bonchev–Trinajstić information content (AvgIpc) is 2.27. The zero-order valence-corrected chi connectivity index (χ0v) is 8.56. The van der Waals surface area contributed by atoms with Gasteiger partial charge in [-0.1, -0.05) is 12.1 Å². The van der Waals surface area contributed by atoms with Gasteiger partial charge in [0.05, 0.1) is 12.2 Å². The van der Waals surface area contributed by atoms with Crippen LogP contribution in [0.25, 0.3) is 0 Å². The molecule has 1 unspecified atom stereocenters. The molecule has 2 rings (SSSR count). The predicted molar refractivity (Wildman–Crippen MR) is 55.8 cm³/mol. The molecule has 1 aromatic rings. The first-order chi connectivity index (χ1) is 6.83. The zero-order valence-electron chi connectivity index (χ0n) is 8.56. The molecule has 1 aliphatic heterocycles. The van der Waals surface area contributed by atoms with Crippen LogP contribution in [0.5, 0.6) is 5.75 Å². The maximum atomic E-state index is 5.55. The summed E-state index contributed by atoms with van der Waals surface area (Å²) in [4.78, 5) is 2.21.